The number of nitrogens with two attached hydrogens (primary N) is 1. The predicted molar refractivity (Wildman–Crippen MR) is 74.2 cm³/mol. The molecule has 2 fully saturated rings. The second-order valence-corrected chi connectivity index (χ2v) is 5.69. The Morgan fingerprint density at radius 2 is 1.95 bits per heavy atom. The van der Waals surface area contributed by atoms with Gasteiger partial charge in [0, 0.05) is 24.7 Å². The minimum atomic E-state index is -0.538. The fourth-order valence-corrected chi connectivity index (χ4v) is 3.44. The molecule has 6 nitrogen and oxygen atoms in total. The molecule has 1 aliphatic heterocycles. The second-order valence-electron chi connectivity index (χ2n) is 5.69. The van der Waals surface area contributed by atoms with E-state index in [-0.39, 0.29) is 17.3 Å². The zero-order chi connectivity index (χ0) is 14.3. The normalized spacial score (nSPS) is 24.7. The SMILES string of the molecule is Nc1cc(C(=O)N2CC3CCCC3C2)ccc1[N+](=O)[O-]. The van der Waals surface area contributed by atoms with Crippen molar-refractivity contribution in [2.24, 2.45) is 11.8 Å². The van der Waals surface area contributed by atoms with Crippen molar-refractivity contribution in [3.63, 3.8) is 0 Å². The Balaban J connectivity index is 1.78. The minimum Gasteiger partial charge on any atom is -0.393 e. The standard InChI is InChI=1S/C14H17N3O3/c15-12-6-9(4-5-13(12)17(19)20)14(18)16-7-10-2-1-3-11(10)8-16/h4-6,10-11H,1-3,7-8,15H2. The van der Waals surface area contributed by atoms with Crippen molar-refractivity contribution in [1.82, 2.24) is 4.90 Å². The zero-order valence-corrected chi connectivity index (χ0v) is 11.1. The third kappa shape index (κ3) is 2.11. The fraction of sp³-hybridized carbons (Fsp3) is 0.500. The average molecular weight is 275 g/mol. The Bertz CT molecular complexity index is 561. The maximum absolute atomic E-state index is 12.4. The van der Waals surface area contributed by atoms with Crippen LogP contribution in [0.4, 0.5) is 11.4 Å². The molecule has 0 radical (unpaired) electrons. The average Bonchev–Trinajstić information content (AvgIpc) is 2.97. The van der Waals surface area contributed by atoms with E-state index in [0.29, 0.717) is 17.4 Å². The summed E-state index contributed by atoms with van der Waals surface area (Å²) < 4.78 is 0. The van der Waals surface area contributed by atoms with Gasteiger partial charge in [-0.3, -0.25) is 14.9 Å². The number of nitro benzene ring substituents is 1. The van der Waals surface area contributed by atoms with Crippen molar-refractivity contribution in [3.05, 3.63) is 33.9 Å². The number of anilines is 1. The molecule has 0 spiro atoms. The third-order valence-corrected chi connectivity index (χ3v) is 4.48. The van der Waals surface area contributed by atoms with Gasteiger partial charge in [0.25, 0.3) is 11.6 Å². The first-order valence-corrected chi connectivity index (χ1v) is 6.89. The van der Waals surface area contributed by atoms with Crippen LogP contribution in [0.1, 0.15) is 29.6 Å². The Kier molecular flexibility index (Phi) is 3.08. The number of carbonyl (C=O) groups excluding carboxylic acids is 1. The molecule has 1 aromatic carbocycles. The number of rotatable bonds is 2. The van der Waals surface area contributed by atoms with Gasteiger partial charge in [-0.05, 0) is 36.8 Å². The molecule has 3 rings (SSSR count). The quantitative estimate of drug-likeness (QED) is 0.508. The summed E-state index contributed by atoms with van der Waals surface area (Å²) in [6, 6.07) is 4.21. The zero-order valence-electron chi connectivity index (χ0n) is 11.1. The number of nitrogen functional groups attached to an aromatic ring is 1. The summed E-state index contributed by atoms with van der Waals surface area (Å²) in [5, 5.41) is 10.7. The van der Waals surface area contributed by atoms with Crippen LogP contribution in [0.3, 0.4) is 0 Å². The van der Waals surface area contributed by atoms with Crippen LogP contribution in [0.25, 0.3) is 0 Å². The van der Waals surface area contributed by atoms with Gasteiger partial charge in [-0.25, -0.2) is 0 Å². The van der Waals surface area contributed by atoms with E-state index < -0.39 is 4.92 Å². The molecule has 2 unspecified atom stereocenters. The number of fused-ring (bicyclic) bond motifs is 1. The Morgan fingerprint density at radius 3 is 2.50 bits per heavy atom. The summed E-state index contributed by atoms with van der Waals surface area (Å²) >= 11 is 0. The lowest BCUT2D eigenvalue weighted by atomic mass is 10.0. The number of nitro groups is 1. The van der Waals surface area contributed by atoms with E-state index in [9.17, 15) is 14.9 Å². The summed E-state index contributed by atoms with van der Waals surface area (Å²) in [5.41, 5.74) is 5.97. The molecule has 6 heteroatoms. The summed E-state index contributed by atoms with van der Waals surface area (Å²) in [4.78, 5) is 24.5. The lowest BCUT2D eigenvalue weighted by molar-refractivity contribution is -0.383. The van der Waals surface area contributed by atoms with Crippen LogP contribution >= 0.6 is 0 Å². The number of amides is 1. The van der Waals surface area contributed by atoms with Gasteiger partial charge in [-0.15, -0.1) is 0 Å². The first-order valence-electron chi connectivity index (χ1n) is 6.89. The Hall–Kier alpha value is -2.11. The highest BCUT2D eigenvalue weighted by Crippen LogP contribution is 2.38. The van der Waals surface area contributed by atoms with E-state index in [1.54, 1.807) is 0 Å². The van der Waals surface area contributed by atoms with Crippen molar-refractivity contribution in [2.45, 2.75) is 19.3 Å². The molecule has 0 aromatic heterocycles. The molecule has 1 heterocycles. The lowest BCUT2D eigenvalue weighted by Gasteiger charge is -2.17. The summed E-state index contributed by atoms with van der Waals surface area (Å²) in [5.74, 6) is 1.20. The summed E-state index contributed by atoms with van der Waals surface area (Å²) in [6.45, 7) is 1.61. The fourth-order valence-electron chi connectivity index (χ4n) is 3.44. The van der Waals surface area contributed by atoms with Crippen LogP contribution in [0.5, 0.6) is 0 Å². The molecular formula is C14H17N3O3. The molecular weight excluding hydrogens is 258 g/mol. The van der Waals surface area contributed by atoms with Crippen LogP contribution in [0, 0.1) is 22.0 Å². The number of benzene rings is 1. The first-order chi connectivity index (χ1) is 9.56. The second kappa shape index (κ2) is 4.77. The van der Waals surface area contributed by atoms with Crippen LogP contribution in [-0.4, -0.2) is 28.8 Å². The maximum atomic E-state index is 12.4. The smallest absolute Gasteiger partial charge is 0.292 e. The van der Waals surface area contributed by atoms with E-state index in [2.05, 4.69) is 0 Å². The third-order valence-electron chi connectivity index (χ3n) is 4.48. The number of likely N-dealkylation sites (tertiary alicyclic amines) is 1. The van der Waals surface area contributed by atoms with Crippen molar-refractivity contribution >= 4 is 17.3 Å². The molecule has 20 heavy (non-hydrogen) atoms. The number of nitrogens with zero attached hydrogens (tertiary/aromatic N) is 2. The summed E-state index contributed by atoms with van der Waals surface area (Å²) in [7, 11) is 0. The van der Waals surface area contributed by atoms with Crippen LogP contribution in [0.2, 0.25) is 0 Å². The first kappa shape index (κ1) is 12.9. The minimum absolute atomic E-state index is 0.0419. The van der Waals surface area contributed by atoms with Gasteiger partial charge in [-0.1, -0.05) is 6.42 Å². The van der Waals surface area contributed by atoms with E-state index in [1.165, 1.54) is 37.5 Å². The Labute approximate surface area is 116 Å². The largest absolute Gasteiger partial charge is 0.393 e. The van der Waals surface area contributed by atoms with Crippen molar-refractivity contribution in [3.8, 4) is 0 Å². The van der Waals surface area contributed by atoms with Gasteiger partial charge in [-0.2, -0.15) is 0 Å². The number of carbonyl (C=O) groups is 1. The molecule has 1 amide bonds. The highest BCUT2D eigenvalue weighted by Gasteiger charge is 2.38. The van der Waals surface area contributed by atoms with Crippen LogP contribution in [0.15, 0.2) is 18.2 Å². The molecule has 2 atom stereocenters. The van der Waals surface area contributed by atoms with Crippen molar-refractivity contribution in [2.75, 3.05) is 18.8 Å². The van der Waals surface area contributed by atoms with E-state index in [0.717, 1.165) is 13.1 Å². The monoisotopic (exact) mass is 275 g/mol. The Morgan fingerprint density at radius 1 is 1.30 bits per heavy atom. The van der Waals surface area contributed by atoms with Gasteiger partial charge >= 0.3 is 0 Å². The maximum Gasteiger partial charge on any atom is 0.292 e. The van der Waals surface area contributed by atoms with E-state index in [1.807, 2.05) is 4.90 Å². The summed E-state index contributed by atoms with van der Waals surface area (Å²) in [6.07, 6.45) is 3.68. The number of hydrogen-bond donors (Lipinski definition) is 1. The topological polar surface area (TPSA) is 89.5 Å². The number of hydrogen-bond acceptors (Lipinski definition) is 4. The lowest BCUT2D eigenvalue weighted by Crippen LogP contribution is -2.29. The molecule has 1 aliphatic carbocycles. The van der Waals surface area contributed by atoms with Gasteiger partial charge in [0.05, 0.1) is 4.92 Å². The van der Waals surface area contributed by atoms with Crippen molar-refractivity contribution < 1.29 is 9.72 Å². The molecule has 0 bridgehead atoms. The van der Waals surface area contributed by atoms with Gasteiger partial charge in [0.2, 0.25) is 0 Å². The highest BCUT2D eigenvalue weighted by atomic mass is 16.6. The predicted octanol–water partition coefficient (Wildman–Crippen LogP) is 2.05. The molecule has 1 saturated heterocycles. The van der Waals surface area contributed by atoms with Crippen molar-refractivity contribution in [1.29, 1.82) is 0 Å². The van der Waals surface area contributed by atoms with Crippen LogP contribution in [-0.2, 0) is 0 Å². The highest BCUT2D eigenvalue weighted by molar-refractivity contribution is 5.96. The van der Waals surface area contributed by atoms with Gasteiger partial charge < -0.3 is 10.6 Å². The molecule has 1 saturated carbocycles. The molecule has 2 N–H and O–H groups in total. The van der Waals surface area contributed by atoms with Gasteiger partial charge in [0.1, 0.15) is 5.69 Å². The molecule has 2 aliphatic rings. The van der Waals surface area contributed by atoms with Crippen LogP contribution < -0.4 is 5.73 Å². The van der Waals surface area contributed by atoms with Gasteiger partial charge in [0.15, 0.2) is 0 Å². The van der Waals surface area contributed by atoms with E-state index >= 15 is 0 Å². The molecule has 106 valence electrons. The molecule has 1 aromatic rings. The van der Waals surface area contributed by atoms with E-state index in [4.69, 9.17) is 5.73 Å².